The van der Waals surface area contributed by atoms with Gasteiger partial charge in [-0.05, 0) is 18.4 Å². The summed E-state index contributed by atoms with van der Waals surface area (Å²) in [5.41, 5.74) is 0.927. The first-order valence-corrected chi connectivity index (χ1v) is 8.21. The van der Waals surface area contributed by atoms with Crippen molar-refractivity contribution in [2.75, 3.05) is 5.75 Å². The first-order chi connectivity index (χ1) is 9.93. The monoisotopic (exact) mass is 310 g/mol. The Labute approximate surface area is 124 Å². The van der Waals surface area contributed by atoms with Crippen LogP contribution in [0.15, 0.2) is 30.3 Å². The van der Waals surface area contributed by atoms with Crippen molar-refractivity contribution in [1.82, 2.24) is 4.72 Å². The van der Waals surface area contributed by atoms with Crippen LogP contribution in [0.1, 0.15) is 24.8 Å². The molecule has 0 fully saturated rings. The average molecular weight is 310 g/mol. The number of carboxylic acid groups (broad SMARTS) is 1. The Hall–Kier alpha value is -1.91. The molecule has 0 spiro atoms. The zero-order valence-corrected chi connectivity index (χ0v) is 12.3. The van der Waals surface area contributed by atoms with Gasteiger partial charge in [0.25, 0.3) is 0 Å². The van der Waals surface area contributed by atoms with E-state index in [1.165, 1.54) is 0 Å². The average Bonchev–Trinajstić information content (AvgIpc) is 2.43. The van der Waals surface area contributed by atoms with Gasteiger partial charge >= 0.3 is 5.97 Å². The summed E-state index contributed by atoms with van der Waals surface area (Å²) in [5, 5.41) is 17.2. The van der Waals surface area contributed by atoms with Gasteiger partial charge in [0.15, 0.2) is 0 Å². The molecule has 114 valence electrons. The number of hydrogen-bond donors (Lipinski definition) is 2. The number of nitrogens with zero attached hydrogens (tertiary/aromatic N) is 1. The topological polar surface area (TPSA) is 107 Å². The largest absolute Gasteiger partial charge is 0.481 e. The van der Waals surface area contributed by atoms with Crippen molar-refractivity contribution < 1.29 is 18.3 Å². The molecule has 21 heavy (non-hydrogen) atoms. The molecule has 0 radical (unpaired) electrons. The number of carbonyl (C=O) groups is 1. The highest BCUT2D eigenvalue weighted by Gasteiger charge is 2.19. The van der Waals surface area contributed by atoms with E-state index in [2.05, 4.69) is 4.72 Å². The highest BCUT2D eigenvalue weighted by atomic mass is 32.2. The zero-order valence-electron chi connectivity index (χ0n) is 11.5. The number of aliphatic carboxylic acids is 1. The fourth-order valence-electron chi connectivity index (χ4n) is 1.89. The fraction of sp³-hybridized carbons (Fsp3) is 0.429. The third-order valence-electron chi connectivity index (χ3n) is 2.86. The smallest absolute Gasteiger partial charge is 0.303 e. The molecule has 0 aliphatic rings. The van der Waals surface area contributed by atoms with Crippen LogP contribution in [0.2, 0.25) is 0 Å². The summed E-state index contributed by atoms with van der Waals surface area (Å²) >= 11 is 0. The lowest BCUT2D eigenvalue weighted by Crippen LogP contribution is -2.38. The quantitative estimate of drug-likeness (QED) is 0.714. The minimum absolute atomic E-state index is 0.0910. The molecule has 6 nitrogen and oxygen atoms in total. The normalized spacial score (nSPS) is 12.5. The lowest BCUT2D eigenvalue weighted by Gasteiger charge is -2.18. The van der Waals surface area contributed by atoms with Crippen LogP contribution in [-0.4, -0.2) is 31.3 Å². The van der Waals surface area contributed by atoms with Gasteiger partial charge in [0.1, 0.15) is 0 Å². The van der Waals surface area contributed by atoms with Gasteiger partial charge in [-0.2, -0.15) is 5.26 Å². The highest BCUT2D eigenvalue weighted by molar-refractivity contribution is 7.89. The predicted molar refractivity (Wildman–Crippen MR) is 78.0 cm³/mol. The van der Waals surface area contributed by atoms with Crippen molar-refractivity contribution in [3.8, 4) is 6.07 Å². The third kappa shape index (κ3) is 7.44. The molecule has 0 saturated heterocycles. The summed E-state index contributed by atoms with van der Waals surface area (Å²) in [5.74, 6) is -1.24. The molecule has 0 aliphatic heterocycles. The lowest BCUT2D eigenvalue weighted by atomic mass is 10.0. The molecule has 0 amide bonds. The van der Waals surface area contributed by atoms with Gasteiger partial charge < -0.3 is 5.11 Å². The molecule has 1 rings (SSSR count). The molecule has 1 aromatic carbocycles. The second-order valence-electron chi connectivity index (χ2n) is 4.66. The molecule has 1 aromatic rings. The molecule has 7 heteroatoms. The minimum atomic E-state index is -3.58. The van der Waals surface area contributed by atoms with Crippen molar-refractivity contribution in [2.45, 2.75) is 31.7 Å². The predicted octanol–water partition coefficient (Wildman–Crippen LogP) is 1.30. The molecular weight excluding hydrogens is 292 g/mol. The van der Waals surface area contributed by atoms with Gasteiger partial charge in [0.2, 0.25) is 10.0 Å². The second-order valence-corrected chi connectivity index (χ2v) is 6.54. The van der Waals surface area contributed by atoms with E-state index >= 15 is 0 Å². The standard InChI is InChI=1S/C14H18N2O4S/c15-9-4-10-21(19,20)16-13(7-8-14(17)18)11-12-5-2-1-3-6-12/h1-3,5-6,13,16H,4,7-8,10-11H2,(H,17,18). The van der Waals surface area contributed by atoms with Gasteiger partial charge in [-0.1, -0.05) is 30.3 Å². The number of hydrogen-bond acceptors (Lipinski definition) is 4. The van der Waals surface area contributed by atoms with E-state index in [1.54, 1.807) is 6.07 Å². The molecule has 0 saturated carbocycles. The maximum Gasteiger partial charge on any atom is 0.303 e. The first-order valence-electron chi connectivity index (χ1n) is 6.55. The number of benzene rings is 1. The van der Waals surface area contributed by atoms with Crippen molar-refractivity contribution in [1.29, 1.82) is 5.26 Å². The van der Waals surface area contributed by atoms with Gasteiger partial charge in [-0.3, -0.25) is 4.79 Å². The molecule has 2 N–H and O–H groups in total. The molecule has 1 unspecified atom stereocenters. The maximum absolute atomic E-state index is 11.8. The van der Waals surface area contributed by atoms with Crippen LogP contribution in [0.4, 0.5) is 0 Å². The Kier molecular flexibility index (Phi) is 6.85. The summed E-state index contributed by atoms with van der Waals surface area (Å²) in [6, 6.07) is 10.5. The third-order valence-corrected chi connectivity index (χ3v) is 4.29. The summed E-state index contributed by atoms with van der Waals surface area (Å²) in [6.07, 6.45) is 0.417. The van der Waals surface area contributed by atoms with E-state index in [-0.39, 0.29) is 25.0 Å². The van der Waals surface area contributed by atoms with Crippen LogP contribution >= 0.6 is 0 Å². The van der Waals surface area contributed by atoms with E-state index in [1.807, 2.05) is 30.3 Å². The van der Waals surface area contributed by atoms with Gasteiger partial charge in [-0.25, -0.2) is 13.1 Å². The molecular formula is C14H18N2O4S. The Morgan fingerprint density at radius 3 is 2.57 bits per heavy atom. The van der Waals surface area contributed by atoms with E-state index < -0.39 is 22.0 Å². The number of nitriles is 1. The van der Waals surface area contributed by atoms with Gasteiger partial charge in [0.05, 0.1) is 18.2 Å². The van der Waals surface area contributed by atoms with Crippen LogP contribution in [-0.2, 0) is 21.2 Å². The SMILES string of the molecule is N#CCCS(=O)(=O)NC(CCC(=O)O)Cc1ccccc1. The summed E-state index contributed by atoms with van der Waals surface area (Å²) in [6.45, 7) is 0. The Bertz CT molecular complexity index is 593. The summed E-state index contributed by atoms with van der Waals surface area (Å²) < 4.78 is 26.1. The fourth-order valence-corrected chi connectivity index (χ4v) is 3.08. The van der Waals surface area contributed by atoms with Crippen LogP contribution in [0.3, 0.4) is 0 Å². The van der Waals surface area contributed by atoms with Crippen LogP contribution < -0.4 is 4.72 Å². The minimum Gasteiger partial charge on any atom is -0.481 e. The number of rotatable bonds is 9. The Balaban J connectivity index is 2.72. The van der Waals surface area contributed by atoms with Crippen LogP contribution in [0.5, 0.6) is 0 Å². The molecule has 1 atom stereocenters. The van der Waals surface area contributed by atoms with E-state index in [0.29, 0.717) is 6.42 Å². The van der Waals surface area contributed by atoms with Gasteiger partial charge in [-0.15, -0.1) is 0 Å². The Morgan fingerprint density at radius 2 is 2.00 bits per heavy atom. The highest BCUT2D eigenvalue weighted by Crippen LogP contribution is 2.09. The van der Waals surface area contributed by atoms with Crippen molar-refractivity contribution in [3.05, 3.63) is 35.9 Å². The summed E-state index contributed by atoms with van der Waals surface area (Å²) in [7, 11) is -3.58. The molecule has 0 aliphatic carbocycles. The van der Waals surface area contributed by atoms with Crippen molar-refractivity contribution in [3.63, 3.8) is 0 Å². The first kappa shape index (κ1) is 17.1. The van der Waals surface area contributed by atoms with E-state index in [4.69, 9.17) is 10.4 Å². The van der Waals surface area contributed by atoms with E-state index in [9.17, 15) is 13.2 Å². The maximum atomic E-state index is 11.8. The molecule has 0 heterocycles. The number of carboxylic acids is 1. The molecule has 0 bridgehead atoms. The summed E-state index contributed by atoms with van der Waals surface area (Å²) in [4.78, 5) is 10.7. The van der Waals surface area contributed by atoms with Crippen molar-refractivity contribution >= 4 is 16.0 Å². The number of sulfonamides is 1. The lowest BCUT2D eigenvalue weighted by molar-refractivity contribution is -0.137. The zero-order chi connectivity index (χ0) is 15.7. The van der Waals surface area contributed by atoms with Crippen molar-refractivity contribution in [2.24, 2.45) is 0 Å². The molecule has 0 aromatic heterocycles. The van der Waals surface area contributed by atoms with E-state index in [0.717, 1.165) is 5.56 Å². The van der Waals surface area contributed by atoms with Crippen LogP contribution in [0.25, 0.3) is 0 Å². The van der Waals surface area contributed by atoms with Crippen LogP contribution in [0, 0.1) is 11.3 Å². The second kappa shape index (κ2) is 8.39. The Morgan fingerprint density at radius 1 is 1.33 bits per heavy atom. The number of nitrogens with one attached hydrogen (secondary N) is 1. The van der Waals surface area contributed by atoms with Gasteiger partial charge in [0, 0.05) is 12.5 Å².